The SMILES string of the molecule is O=C(C[C@H]([NH2+]CCCO)C(=O)[O-])Nc1cccc2ccccc12. The van der Waals surface area contributed by atoms with Gasteiger partial charge in [0.1, 0.15) is 6.04 Å². The molecular weight excluding hydrogens is 296 g/mol. The van der Waals surface area contributed by atoms with E-state index in [-0.39, 0.29) is 18.9 Å². The molecule has 2 aromatic rings. The topological polar surface area (TPSA) is 106 Å². The van der Waals surface area contributed by atoms with Crippen molar-refractivity contribution >= 4 is 28.3 Å². The lowest BCUT2D eigenvalue weighted by atomic mass is 10.1. The van der Waals surface area contributed by atoms with Gasteiger partial charge >= 0.3 is 0 Å². The number of aliphatic hydroxyl groups excluding tert-OH is 1. The van der Waals surface area contributed by atoms with Crippen LogP contribution >= 0.6 is 0 Å². The van der Waals surface area contributed by atoms with Crippen molar-refractivity contribution in [3.63, 3.8) is 0 Å². The third-order valence-electron chi connectivity index (χ3n) is 3.59. The molecule has 0 saturated heterocycles. The summed E-state index contributed by atoms with van der Waals surface area (Å²) in [7, 11) is 0. The number of fused-ring (bicyclic) bond motifs is 1. The first-order valence-electron chi connectivity index (χ1n) is 7.54. The molecule has 0 saturated carbocycles. The second kappa shape index (κ2) is 8.26. The lowest BCUT2D eigenvalue weighted by Crippen LogP contribution is -2.93. The fourth-order valence-corrected chi connectivity index (χ4v) is 2.41. The Kier molecular flexibility index (Phi) is 6.08. The number of hydrogen-bond acceptors (Lipinski definition) is 4. The van der Waals surface area contributed by atoms with Gasteiger partial charge < -0.3 is 25.6 Å². The summed E-state index contributed by atoms with van der Waals surface area (Å²) >= 11 is 0. The van der Waals surface area contributed by atoms with Crippen LogP contribution < -0.4 is 15.7 Å². The molecule has 1 atom stereocenters. The van der Waals surface area contributed by atoms with Crippen molar-refractivity contribution in [2.24, 2.45) is 0 Å². The molecule has 0 aliphatic heterocycles. The number of quaternary nitrogens is 1. The minimum absolute atomic E-state index is 0.0154. The highest BCUT2D eigenvalue weighted by atomic mass is 16.4. The molecule has 0 aromatic heterocycles. The van der Waals surface area contributed by atoms with Gasteiger partial charge in [0.05, 0.1) is 18.9 Å². The fourth-order valence-electron chi connectivity index (χ4n) is 2.41. The van der Waals surface area contributed by atoms with E-state index >= 15 is 0 Å². The number of rotatable bonds is 8. The largest absolute Gasteiger partial charge is 0.544 e. The molecule has 0 aliphatic rings. The van der Waals surface area contributed by atoms with Crippen LogP contribution in [0.3, 0.4) is 0 Å². The van der Waals surface area contributed by atoms with Crippen molar-refractivity contribution in [3.8, 4) is 0 Å². The normalized spacial score (nSPS) is 12.0. The molecule has 0 fully saturated rings. The summed E-state index contributed by atoms with van der Waals surface area (Å²) in [6, 6.07) is 12.2. The highest BCUT2D eigenvalue weighted by molar-refractivity contribution is 6.02. The Morgan fingerprint density at radius 2 is 1.91 bits per heavy atom. The van der Waals surface area contributed by atoms with E-state index < -0.39 is 12.0 Å². The smallest absolute Gasteiger partial charge is 0.230 e. The van der Waals surface area contributed by atoms with Gasteiger partial charge in [-0.2, -0.15) is 0 Å². The van der Waals surface area contributed by atoms with Gasteiger partial charge in [-0.3, -0.25) is 4.79 Å². The van der Waals surface area contributed by atoms with Gasteiger partial charge in [0, 0.05) is 24.1 Å². The van der Waals surface area contributed by atoms with E-state index in [2.05, 4.69) is 5.32 Å². The average molecular weight is 316 g/mol. The second-order valence-corrected chi connectivity index (χ2v) is 5.31. The summed E-state index contributed by atoms with van der Waals surface area (Å²) in [4.78, 5) is 23.2. The monoisotopic (exact) mass is 316 g/mol. The Morgan fingerprint density at radius 1 is 1.17 bits per heavy atom. The second-order valence-electron chi connectivity index (χ2n) is 5.31. The number of benzene rings is 2. The molecule has 0 heterocycles. The third kappa shape index (κ3) is 4.77. The van der Waals surface area contributed by atoms with E-state index in [4.69, 9.17) is 5.11 Å². The molecule has 0 unspecified atom stereocenters. The predicted octanol–water partition coefficient (Wildman–Crippen LogP) is -0.767. The molecule has 0 aliphatic carbocycles. The van der Waals surface area contributed by atoms with Gasteiger partial charge in [0.25, 0.3) is 0 Å². The Morgan fingerprint density at radius 3 is 2.65 bits per heavy atom. The van der Waals surface area contributed by atoms with Crippen LogP contribution in [0.1, 0.15) is 12.8 Å². The predicted molar refractivity (Wildman–Crippen MR) is 84.5 cm³/mol. The zero-order valence-corrected chi connectivity index (χ0v) is 12.7. The zero-order valence-electron chi connectivity index (χ0n) is 12.7. The maximum absolute atomic E-state index is 12.1. The zero-order chi connectivity index (χ0) is 16.7. The van der Waals surface area contributed by atoms with Crippen LogP contribution in [0, 0.1) is 0 Å². The van der Waals surface area contributed by atoms with Crippen LogP contribution in [0.25, 0.3) is 10.8 Å². The fraction of sp³-hybridized carbons (Fsp3) is 0.294. The summed E-state index contributed by atoms with van der Waals surface area (Å²) in [6.45, 7) is 0.412. The molecule has 6 nitrogen and oxygen atoms in total. The minimum atomic E-state index is -1.28. The maximum atomic E-state index is 12.1. The number of aliphatic hydroxyl groups is 1. The quantitative estimate of drug-likeness (QED) is 0.556. The van der Waals surface area contributed by atoms with Crippen LogP contribution in [-0.2, 0) is 9.59 Å². The number of hydrogen-bond donors (Lipinski definition) is 3. The highest BCUT2D eigenvalue weighted by Gasteiger charge is 2.18. The first-order valence-corrected chi connectivity index (χ1v) is 7.54. The van der Waals surface area contributed by atoms with Crippen LogP contribution in [0.5, 0.6) is 0 Å². The van der Waals surface area contributed by atoms with Gasteiger partial charge in [-0.25, -0.2) is 0 Å². The summed E-state index contributed by atoms with van der Waals surface area (Å²) < 4.78 is 0. The van der Waals surface area contributed by atoms with E-state index in [1.807, 2.05) is 36.4 Å². The van der Waals surface area contributed by atoms with Crippen molar-refractivity contribution in [2.75, 3.05) is 18.5 Å². The van der Waals surface area contributed by atoms with E-state index in [9.17, 15) is 14.7 Å². The lowest BCUT2D eigenvalue weighted by Gasteiger charge is -2.16. The Balaban J connectivity index is 2.03. The summed E-state index contributed by atoms with van der Waals surface area (Å²) in [5, 5.41) is 26.0. The van der Waals surface area contributed by atoms with Gasteiger partial charge in [0.15, 0.2) is 0 Å². The van der Waals surface area contributed by atoms with E-state index in [1.165, 1.54) is 5.32 Å². The number of nitrogens with two attached hydrogens (primary N) is 1. The van der Waals surface area contributed by atoms with Crippen LogP contribution in [0.4, 0.5) is 5.69 Å². The Bertz CT molecular complexity index is 682. The number of carbonyl (C=O) groups excluding carboxylic acids is 2. The molecule has 0 radical (unpaired) electrons. The molecule has 1 amide bonds. The molecule has 0 spiro atoms. The van der Waals surface area contributed by atoms with Crippen LogP contribution in [-0.4, -0.2) is 36.2 Å². The number of carboxylic acid groups (broad SMARTS) is 1. The summed E-state index contributed by atoms with van der Waals surface area (Å²) in [5.74, 6) is -1.66. The van der Waals surface area contributed by atoms with Gasteiger partial charge in [0.2, 0.25) is 5.91 Å². The molecule has 0 bridgehead atoms. The van der Waals surface area contributed by atoms with Crippen molar-refractivity contribution in [2.45, 2.75) is 18.9 Å². The maximum Gasteiger partial charge on any atom is 0.230 e. The minimum Gasteiger partial charge on any atom is -0.544 e. The molecule has 23 heavy (non-hydrogen) atoms. The average Bonchev–Trinajstić information content (AvgIpc) is 2.54. The van der Waals surface area contributed by atoms with Crippen molar-refractivity contribution in [1.82, 2.24) is 0 Å². The van der Waals surface area contributed by atoms with Gasteiger partial charge in [-0.1, -0.05) is 36.4 Å². The molecule has 2 rings (SSSR count). The Labute approximate surface area is 134 Å². The van der Waals surface area contributed by atoms with Crippen LogP contribution in [0.2, 0.25) is 0 Å². The van der Waals surface area contributed by atoms with Gasteiger partial charge in [-0.05, 0) is 11.5 Å². The number of aliphatic carboxylic acids is 1. The van der Waals surface area contributed by atoms with E-state index in [0.29, 0.717) is 18.7 Å². The first-order chi connectivity index (χ1) is 11.1. The molecule has 6 heteroatoms. The molecule has 4 N–H and O–H groups in total. The number of nitrogens with one attached hydrogen (secondary N) is 1. The molecule has 122 valence electrons. The third-order valence-corrected chi connectivity index (χ3v) is 3.59. The van der Waals surface area contributed by atoms with Crippen molar-refractivity contribution in [3.05, 3.63) is 42.5 Å². The highest BCUT2D eigenvalue weighted by Crippen LogP contribution is 2.22. The van der Waals surface area contributed by atoms with E-state index in [0.717, 1.165) is 10.8 Å². The standard InChI is InChI=1S/C17H20N2O4/c20-10-4-9-18-15(17(22)23)11-16(21)19-14-8-3-6-12-5-1-2-7-13(12)14/h1-3,5-8,15,18,20H,4,9-11H2,(H,19,21)(H,22,23)/t15-/m0/s1. The lowest BCUT2D eigenvalue weighted by molar-refractivity contribution is -0.682. The summed E-state index contributed by atoms with van der Waals surface area (Å²) in [5.41, 5.74) is 0.653. The van der Waals surface area contributed by atoms with E-state index in [1.54, 1.807) is 6.07 Å². The number of amides is 1. The summed E-state index contributed by atoms with van der Waals surface area (Å²) in [6.07, 6.45) is 0.283. The van der Waals surface area contributed by atoms with Gasteiger partial charge in [-0.15, -0.1) is 0 Å². The molecule has 2 aromatic carbocycles. The van der Waals surface area contributed by atoms with Crippen LogP contribution in [0.15, 0.2) is 42.5 Å². The number of carboxylic acids is 1. The Hall–Kier alpha value is -2.44. The number of anilines is 1. The molecular formula is C17H20N2O4. The first kappa shape index (κ1) is 16.9. The van der Waals surface area contributed by atoms with Crippen molar-refractivity contribution in [1.29, 1.82) is 0 Å². The van der Waals surface area contributed by atoms with Crippen molar-refractivity contribution < 1.29 is 25.1 Å². The number of carbonyl (C=O) groups is 2.